The molecule has 1 heterocycles. The van der Waals surface area contributed by atoms with Crippen molar-refractivity contribution in [3.05, 3.63) is 152 Å². The maximum atomic E-state index is 8.89. The molecule has 0 aliphatic carbocycles. The molecule has 0 saturated heterocycles. The van der Waals surface area contributed by atoms with Gasteiger partial charge < -0.3 is 19.0 Å². The first-order valence-electron chi connectivity index (χ1n) is 13.7. The normalized spacial score (nSPS) is 10.8. The molecule has 200 valence electrons. The molecule has 0 fully saturated rings. The van der Waals surface area contributed by atoms with Crippen LogP contribution in [-0.4, -0.2) is 0 Å². The summed E-state index contributed by atoms with van der Waals surface area (Å²) in [4.78, 5) is 4.40. The number of nitriles is 1. The Morgan fingerprint density at radius 1 is 0.476 bits per heavy atom. The fraction of sp³-hybridized carbons (Fsp3) is 0. The van der Waals surface area contributed by atoms with Crippen molar-refractivity contribution in [3.8, 4) is 12.0 Å². The average Bonchev–Trinajstić information content (AvgIpc) is 3.44. The zero-order valence-corrected chi connectivity index (χ0v) is 22.6. The first-order chi connectivity index (χ1) is 20.8. The quantitative estimate of drug-likeness (QED) is 0.187. The number of fused-ring (bicyclic) bond motifs is 3. The molecule has 5 heteroatoms. The largest absolute Gasteiger partial charge is 0.454 e. The minimum absolute atomic E-state index is 0.503. The highest BCUT2D eigenvalue weighted by molar-refractivity contribution is 6.10. The molecule has 0 amide bonds. The monoisotopic (exact) mass is 543 g/mol. The number of furan rings is 1. The molecule has 0 aliphatic rings. The highest BCUT2D eigenvalue weighted by Gasteiger charge is 2.20. The Kier molecular flexibility index (Phi) is 6.48. The first-order valence-corrected chi connectivity index (χ1v) is 13.7. The van der Waals surface area contributed by atoms with Crippen molar-refractivity contribution in [1.29, 1.82) is 5.26 Å². The van der Waals surface area contributed by atoms with Crippen molar-refractivity contribution < 1.29 is 9.15 Å². The zero-order valence-electron chi connectivity index (χ0n) is 22.6. The zero-order chi connectivity index (χ0) is 28.3. The van der Waals surface area contributed by atoms with E-state index in [1.807, 2.05) is 66.7 Å². The van der Waals surface area contributed by atoms with Crippen LogP contribution in [0, 0.1) is 11.5 Å². The van der Waals surface area contributed by atoms with Gasteiger partial charge in [0.25, 0.3) is 6.26 Å². The SMILES string of the molecule is N#COc1ccc(N(c2ccccc2)c2ccc(N(c3ccccc3)c3cccc4c3oc3ccccc34)cc2)cc1. The second-order valence-corrected chi connectivity index (χ2v) is 9.80. The smallest absolute Gasteiger partial charge is 0.292 e. The minimum atomic E-state index is 0.503. The summed E-state index contributed by atoms with van der Waals surface area (Å²) in [5, 5.41) is 11.1. The van der Waals surface area contributed by atoms with Gasteiger partial charge in [-0.05, 0) is 84.9 Å². The van der Waals surface area contributed by atoms with Gasteiger partial charge in [0.15, 0.2) is 5.58 Å². The van der Waals surface area contributed by atoms with Crippen LogP contribution in [0.5, 0.6) is 5.75 Å². The van der Waals surface area contributed by atoms with E-state index in [4.69, 9.17) is 14.4 Å². The number of hydrogen-bond acceptors (Lipinski definition) is 5. The molecule has 5 nitrogen and oxygen atoms in total. The third-order valence-electron chi connectivity index (χ3n) is 7.28. The number of anilines is 6. The van der Waals surface area contributed by atoms with Crippen molar-refractivity contribution in [2.75, 3.05) is 9.80 Å². The second-order valence-electron chi connectivity index (χ2n) is 9.80. The van der Waals surface area contributed by atoms with Crippen LogP contribution in [0.15, 0.2) is 156 Å². The highest BCUT2D eigenvalue weighted by atomic mass is 16.5. The number of rotatable bonds is 7. The number of nitrogens with zero attached hydrogens (tertiary/aromatic N) is 3. The van der Waals surface area contributed by atoms with Crippen LogP contribution in [0.3, 0.4) is 0 Å². The van der Waals surface area contributed by atoms with Crippen molar-refractivity contribution in [3.63, 3.8) is 0 Å². The molecule has 0 N–H and O–H groups in total. The molecule has 7 aromatic rings. The lowest BCUT2D eigenvalue weighted by Gasteiger charge is -2.28. The fourth-order valence-electron chi connectivity index (χ4n) is 5.40. The van der Waals surface area contributed by atoms with E-state index in [2.05, 4.69) is 82.6 Å². The lowest BCUT2D eigenvalue weighted by Crippen LogP contribution is -2.12. The van der Waals surface area contributed by atoms with E-state index >= 15 is 0 Å². The van der Waals surface area contributed by atoms with Crippen molar-refractivity contribution in [2.24, 2.45) is 0 Å². The second kappa shape index (κ2) is 10.9. The summed E-state index contributed by atoms with van der Waals surface area (Å²) < 4.78 is 11.4. The Labute approximate surface area is 243 Å². The van der Waals surface area contributed by atoms with Crippen LogP contribution in [0.25, 0.3) is 21.9 Å². The Hall–Kier alpha value is -5.99. The molecule has 1 aromatic heterocycles. The van der Waals surface area contributed by atoms with Gasteiger partial charge in [-0.2, -0.15) is 0 Å². The Morgan fingerprint density at radius 3 is 1.62 bits per heavy atom. The Morgan fingerprint density at radius 2 is 0.976 bits per heavy atom. The summed E-state index contributed by atoms with van der Waals surface area (Å²) in [6.07, 6.45) is 1.73. The molecular formula is C37H25N3O2. The minimum Gasteiger partial charge on any atom is -0.454 e. The van der Waals surface area contributed by atoms with Crippen molar-refractivity contribution in [2.45, 2.75) is 0 Å². The van der Waals surface area contributed by atoms with E-state index in [1.54, 1.807) is 18.4 Å². The fourth-order valence-corrected chi connectivity index (χ4v) is 5.40. The van der Waals surface area contributed by atoms with Gasteiger partial charge in [0.2, 0.25) is 0 Å². The molecule has 0 atom stereocenters. The van der Waals surface area contributed by atoms with E-state index in [1.165, 1.54) is 0 Å². The van der Waals surface area contributed by atoms with Gasteiger partial charge in [-0.15, -0.1) is 5.26 Å². The van der Waals surface area contributed by atoms with Gasteiger partial charge in [-0.25, -0.2) is 0 Å². The van der Waals surface area contributed by atoms with Crippen molar-refractivity contribution >= 4 is 56.1 Å². The van der Waals surface area contributed by atoms with E-state index in [0.717, 1.165) is 56.1 Å². The lowest BCUT2D eigenvalue weighted by atomic mass is 10.1. The van der Waals surface area contributed by atoms with Gasteiger partial charge in [0.1, 0.15) is 11.3 Å². The van der Waals surface area contributed by atoms with Crippen LogP contribution in [-0.2, 0) is 0 Å². The predicted molar refractivity (Wildman–Crippen MR) is 169 cm³/mol. The molecule has 0 bridgehead atoms. The van der Waals surface area contributed by atoms with E-state index in [9.17, 15) is 0 Å². The van der Waals surface area contributed by atoms with E-state index < -0.39 is 0 Å². The third-order valence-corrected chi connectivity index (χ3v) is 7.28. The highest BCUT2D eigenvalue weighted by Crippen LogP contribution is 2.43. The van der Waals surface area contributed by atoms with Gasteiger partial charge in [-0.1, -0.05) is 66.7 Å². The summed E-state index contributed by atoms with van der Waals surface area (Å²) in [5.41, 5.74) is 7.68. The van der Waals surface area contributed by atoms with Gasteiger partial charge in [0.05, 0.1) is 5.69 Å². The van der Waals surface area contributed by atoms with Gasteiger partial charge in [0, 0.05) is 39.2 Å². The standard InChI is InChI=1S/C37H25N3O2/c38-26-41-32-24-22-30(23-25-32)39(27-10-3-1-4-11-27)29-18-20-31(21-19-29)40(28-12-5-2-6-13-28)35-16-9-15-34-33-14-7-8-17-36(33)42-37(34)35/h1-25H. The van der Waals surface area contributed by atoms with Gasteiger partial charge in [-0.3, -0.25) is 0 Å². The lowest BCUT2D eigenvalue weighted by molar-refractivity contribution is 0.507. The predicted octanol–water partition coefficient (Wildman–Crippen LogP) is 10.4. The van der Waals surface area contributed by atoms with Crippen LogP contribution < -0.4 is 14.5 Å². The van der Waals surface area contributed by atoms with Crippen LogP contribution in [0.4, 0.5) is 34.1 Å². The number of ether oxygens (including phenoxy) is 1. The molecule has 0 spiro atoms. The molecule has 0 aliphatic heterocycles. The summed E-state index contributed by atoms with van der Waals surface area (Å²) in [5.74, 6) is 0.503. The maximum absolute atomic E-state index is 8.89. The summed E-state index contributed by atoms with van der Waals surface area (Å²) in [6, 6.07) is 51.0. The van der Waals surface area contributed by atoms with Crippen LogP contribution >= 0.6 is 0 Å². The van der Waals surface area contributed by atoms with Gasteiger partial charge >= 0.3 is 0 Å². The molecule has 7 rings (SSSR count). The van der Waals surface area contributed by atoms with E-state index in [0.29, 0.717) is 5.75 Å². The Balaban J connectivity index is 1.34. The number of para-hydroxylation sites is 4. The van der Waals surface area contributed by atoms with E-state index in [-0.39, 0.29) is 0 Å². The molecule has 42 heavy (non-hydrogen) atoms. The molecule has 6 aromatic carbocycles. The summed E-state index contributed by atoms with van der Waals surface area (Å²) in [7, 11) is 0. The Bertz CT molecular complexity index is 2010. The molecule has 0 radical (unpaired) electrons. The summed E-state index contributed by atoms with van der Waals surface area (Å²) >= 11 is 0. The average molecular weight is 544 g/mol. The topological polar surface area (TPSA) is 52.6 Å². The first kappa shape index (κ1) is 25.0. The maximum Gasteiger partial charge on any atom is 0.292 e. The third kappa shape index (κ3) is 4.57. The summed E-state index contributed by atoms with van der Waals surface area (Å²) in [6.45, 7) is 0. The number of benzene rings is 6. The molecule has 0 saturated carbocycles. The van der Waals surface area contributed by atoms with Crippen molar-refractivity contribution in [1.82, 2.24) is 0 Å². The number of hydrogen-bond donors (Lipinski definition) is 0. The van der Waals surface area contributed by atoms with Crippen LogP contribution in [0.2, 0.25) is 0 Å². The van der Waals surface area contributed by atoms with Crippen LogP contribution in [0.1, 0.15) is 0 Å². The molecular weight excluding hydrogens is 518 g/mol. The molecule has 0 unspecified atom stereocenters.